The molecule has 0 bridgehead atoms. The van der Waals surface area contributed by atoms with E-state index >= 15 is 0 Å². The molecule has 0 amide bonds. The van der Waals surface area contributed by atoms with Crippen LogP contribution in [0.4, 0.5) is 5.82 Å². The quantitative estimate of drug-likeness (QED) is 0.693. The average molecular weight is 223 g/mol. The first-order valence-electron chi connectivity index (χ1n) is 5.55. The zero-order chi connectivity index (χ0) is 11.8. The van der Waals surface area contributed by atoms with Gasteiger partial charge in [0.2, 0.25) is 0 Å². The highest BCUT2D eigenvalue weighted by Gasteiger charge is 2.04. The zero-order valence-electron chi connectivity index (χ0n) is 9.44. The number of nitrogens with one attached hydrogen (secondary N) is 1. The fourth-order valence-corrected chi connectivity index (χ4v) is 1.31. The highest BCUT2D eigenvalue weighted by atomic mass is 16.4. The Balaban J connectivity index is 2.29. The van der Waals surface area contributed by atoms with E-state index in [1.165, 1.54) is 25.3 Å². The average Bonchev–Trinajstić information content (AvgIpc) is 2.29. The van der Waals surface area contributed by atoms with Crippen LogP contribution in [0.1, 0.15) is 43.1 Å². The zero-order valence-corrected chi connectivity index (χ0v) is 9.44. The number of carboxylic acids is 1. The summed E-state index contributed by atoms with van der Waals surface area (Å²) in [7, 11) is 0. The third kappa shape index (κ3) is 4.25. The molecular weight excluding hydrogens is 206 g/mol. The van der Waals surface area contributed by atoms with Gasteiger partial charge < -0.3 is 10.4 Å². The number of carbonyl (C=O) groups is 1. The van der Waals surface area contributed by atoms with Crippen molar-refractivity contribution in [3.63, 3.8) is 0 Å². The van der Waals surface area contributed by atoms with Crippen LogP contribution in [0.25, 0.3) is 0 Å². The van der Waals surface area contributed by atoms with E-state index in [1.54, 1.807) is 6.07 Å². The molecule has 0 saturated heterocycles. The van der Waals surface area contributed by atoms with E-state index in [0.29, 0.717) is 5.82 Å². The first kappa shape index (κ1) is 12.4. The van der Waals surface area contributed by atoms with Crippen LogP contribution < -0.4 is 5.32 Å². The van der Waals surface area contributed by atoms with E-state index in [0.717, 1.165) is 13.0 Å². The standard InChI is InChI=1S/C11H17N3O2/c1-2-3-4-5-8-12-10-7-6-9(11(15)16)13-14-10/h6-7H,2-5,8H2,1H3,(H,12,14)(H,15,16). The summed E-state index contributed by atoms with van der Waals surface area (Å²) in [6, 6.07) is 3.08. The summed E-state index contributed by atoms with van der Waals surface area (Å²) in [6.07, 6.45) is 4.75. The van der Waals surface area contributed by atoms with Gasteiger partial charge in [0.1, 0.15) is 5.82 Å². The summed E-state index contributed by atoms with van der Waals surface area (Å²) in [4.78, 5) is 10.5. The number of rotatable bonds is 7. The number of aromatic carboxylic acids is 1. The molecule has 0 unspecified atom stereocenters. The Labute approximate surface area is 94.9 Å². The van der Waals surface area contributed by atoms with Crippen molar-refractivity contribution in [2.75, 3.05) is 11.9 Å². The van der Waals surface area contributed by atoms with E-state index in [2.05, 4.69) is 22.4 Å². The number of aromatic nitrogens is 2. The van der Waals surface area contributed by atoms with E-state index in [1.807, 2.05) is 0 Å². The molecule has 16 heavy (non-hydrogen) atoms. The molecule has 5 heteroatoms. The van der Waals surface area contributed by atoms with Crippen molar-refractivity contribution in [1.29, 1.82) is 0 Å². The molecular formula is C11H17N3O2. The second-order valence-corrected chi connectivity index (χ2v) is 3.60. The topological polar surface area (TPSA) is 75.1 Å². The predicted molar refractivity (Wildman–Crippen MR) is 61.6 cm³/mol. The summed E-state index contributed by atoms with van der Waals surface area (Å²) >= 11 is 0. The van der Waals surface area contributed by atoms with Crippen molar-refractivity contribution in [3.05, 3.63) is 17.8 Å². The number of anilines is 1. The predicted octanol–water partition coefficient (Wildman–Crippen LogP) is 2.17. The Morgan fingerprint density at radius 2 is 2.12 bits per heavy atom. The van der Waals surface area contributed by atoms with Gasteiger partial charge in [-0.15, -0.1) is 10.2 Å². The van der Waals surface area contributed by atoms with Gasteiger partial charge in [-0.3, -0.25) is 0 Å². The molecule has 1 rings (SSSR count). The third-order valence-corrected chi connectivity index (χ3v) is 2.22. The van der Waals surface area contributed by atoms with Gasteiger partial charge in [0, 0.05) is 6.54 Å². The maximum atomic E-state index is 10.5. The summed E-state index contributed by atoms with van der Waals surface area (Å²) in [6.45, 7) is 3.02. The molecule has 2 N–H and O–H groups in total. The van der Waals surface area contributed by atoms with Crippen molar-refractivity contribution in [2.24, 2.45) is 0 Å². The van der Waals surface area contributed by atoms with Crippen LogP contribution in [0.5, 0.6) is 0 Å². The molecule has 88 valence electrons. The third-order valence-electron chi connectivity index (χ3n) is 2.22. The maximum absolute atomic E-state index is 10.5. The van der Waals surface area contributed by atoms with Gasteiger partial charge in [0.05, 0.1) is 0 Å². The molecule has 0 aromatic carbocycles. The Kier molecular flexibility index (Phi) is 5.25. The lowest BCUT2D eigenvalue weighted by atomic mass is 10.2. The first-order chi connectivity index (χ1) is 7.74. The fraction of sp³-hybridized carbons (Fsp3) is 0.545. The van der Waals surface area contributed by atoms with Gasteiger partial charge in [-0.1, -0.05) is 26.2 Å². The van der Waals surface area contributed by atoms with Crippen molar-refractivity contribution >= 4 is 11.8 Å². The Morgan fingerprint density at radius 3 is 2.69 bits per heavy atom. The fourth-order valence-electron chi connectivity index (χ4n) is 1.31. The molecule has 0 aliphatic heterocycles. The Hall–Kier alpha value is -1.65. The number of hydrogen-bond donors (Lipinski definition) is 2. The molecule has 0 aliphatic carbocycles. The van der Waals surface area contributed by atoms with Gasteiger partial charge in [-0.2, -0.15) is 0 Å². The van der Waals surface area contributed by atoms with Crippen LogP contribution in [-0.2, 0) is 0 Å². The normalized spacial score (nSPS) is 10.1. The van der Waals surface area contributed by atoms with Crippen LogP contribution in [0.3, 0.4) is 0 Å². The number of unbranched alkanes of at least 4 members (excludes halogenated alkanes) is 3. The lowest BCUT2D eigenvalue weighted by molar-refractivity contribution is 0.0689. The minimum Gasteiger partial charge on any atom is -0.476 e. The molecule has 0 spiro atoms. The lowest BCUT2D eigenvalue weighted by Gasteiger charge is -2.04. The molecule has 1 aromatic heterocycles. The Bertz CT molecular complexity index is 325. The van der Waals surface area contributed by atoms with Crippen molar-refractivity contribution in [3.8, 4) is 0 Å². The van der Waals surface area contributed by atoms with Crippen LogP contribution >= 0.6 is 0 Å². The Morgan fingerprint density at radius 1 is 1.31 bits per heavy atom. The molecule has 0 atom stereocenters. The van der Waals surface area contributed by atoms with E-state index in [-0.39, 0.29) is 5.69 Å². The lowest BCUT2D eigenvalue weighted by Crippen LogP contribution is -2.07. The van der Waals surface area contributed by atoms with Crippen molar-refractivity contribution in [2.45, 2.75) is 32.6 Å². The molecule has 1 aromatic rings. The first-order valence-corrected chi connectivity index (χ1v) is 5.55. The SMILES string of the molecule is CCCCCCNc1ccc(C(=O)O)nn1. The van der Waals surface area contributed by atoms with Crippen LogP contribution in [0.15, 0.2) is 12.1 Å². The monoisotopic (exact) mass is 223 g/mol. The van der Waals surface area contributed by atoms with Crippen molar-refractivity contribution in [1.82, 2.24) is 10.2 Å². The van der Waals surface area contributed by atoms with Crippen molar-refractivity contribution < 1.29 is 9.90 Å². The van der Waals surface area contributed by atoms with Gasteiger partial charge in [0.15, 0.2) is 5.69 Å². The van der Waals surface area contributed by atoms with Crippen LogP contribution in [0, 0.1) is 0 Å². The smallest absolute Gasteiger partial charge is 0.356 e. The molecule has 0 radical (unpaired) electrons. The molecule has 0 aliphatic rings. The van der Waals surface area contributed by atoms with Gasteiger partial charge in [-0.05, 0) is 18.6 Å². The van der Waals surface area contributed by atoms with Gasteiger partial charge in [-0.25, -0.2) is 4.79 Å². The van der Waals surface area contributed by atoms with E-state index in [9.17, 15) is 4.79 Å². The minimum atomic E-state index is -1.05. The van der Waals surface area contributed by atoms with Crippen LogP contribution in [-0.4, -0.2) is 27.8 Å². The second kappa shape index (κ2) is 6.76. The van der Waals surface area contributed by atoms with Gasteiger partial charge in [0.25, 0.3) is 0 Å². The number of hydrogen-bond acceptors (Lipinski definition) is 4. The highest BCUT2D eigenvalue weighted by Crippen LogP contribution is 2.04. The summed E-state index contributed by atoms with van der Waals surface area (Å²) < 4.78 is 0. The number of carboxylic acid groups (broad SMARTS) is 1. The second-order valence-electron chi connectivity index (χ2n) is 3.60. The summed E-state index contributed by atoms with van der Waals surface area (Å²) in [5.74, 6) is -0.427. The molecule has 0 saturated carbocycles. The summed E-state index contributed by atoms with van der Waals surface area (Å²) in [5, 5.41) is 19.1. The molecule has 1 heterocycles. The molecule has 0 fully saturated rings. The minimum absolute atomic E-state index is 0.0310. The van der Waals surface area contributed by atoms with Gasteiger partial charge >= 0.3 is 5.97 Å². The van der Waals surface area contributed by atoms with E-state index in [4.69, 9.17) is 5.11 Å². The van der Waals surface area contributed by atoms with Crippen LogP contribution in [0.2, 0.25) is 0 Å². The largest absolute Gasteiger partial charge is 0.476 e. The number of nitrogens with zero attached hydrogens (tertiary/aromatic N) is 2. The maximum Gasteiger partial charge on any atom is 0.356 e. The summed E-state index contributed by atoms with van der Waals surface area (Å²) in [5.41, 5.74) is -0.0310. The highest BCUT2D eigenvalue weighted by molar-refractivity contribution is 5.85. The molecule has 5 nitrogen and oxygen atoms in total. The van der Waals surface area contributed by atoms with E-state index < -0.39 is 5.97 Å².